The maximum Gasteiger partial charge on any atom is 0.323 e. The van der Waals surface area contributed by atoms with E-state index in [0.717, 1.165) is 17.0 Å². The van der Waals surface area contributed by atoms with Gasteiger partial charge in [-0.05, 0) is 20.3 Å². The Morgan fingerprint density at radius 3 is 2.50 bits per heavy atom. The Morgan fingerprint density at radius 1 is 1.40 bits per heavy atom. The smallest absolute Gasteiger partial charge is 0.323 e. The van der Waals surface area contributed by atoms with Crippen LogP contribution in [0.3, 0.4) is 0 Å². The molecule has 1 heterocycles. The van der Waals surface area contributed by atoms with E-state index in [4.69, 9.17) is 5.11 Å². The average Bonchev–Trinajstić information content (AvgIpc) is 2.60. The second-order valence-electron chi connectivity index (χ2n) is 4.75. The van der Waals surface area contributed by atoms with Gasteiger partial charge in [-0.2, -0.15) is 5.10 Å². The van der Waals surface area contributed by atoms with Crippen LogP contribution in [0.5, 0.6) is 0 Å². The van der Waals surface area contributed by atoms with Gasteiger partial charge in [0, 0.05) is 31.4 Å². The van der Waals surface area contributed by atoms with Crippen molar-refractivity contribution >= 4 is 12.0 Å². The van der Waals surface area contributed by atoms with Crippen LogP contribution in [0.15, 0.2) is 0 Å². The Balaban J connectivity index is 2.67. The fraction of sp³-hybridized carbons (Fsp3) is 0.615. The highest BCUT2D eigenvalue weighted by Gasteiger charge is 2.17. The van der Waals surface area contributed by atoms with Crippen LogP contribution in [-0.4, -0.2) is 44.9 Å². The van der Waals surface area contributed by atoms with Crippen molar-refractivity contribution in [1.29, 1.82) is 0 Å². The summed E-state index contributed by atoms with van der Waals surface area (Å²) >= 11 is 0. The number of aliphatic carboxylic acids is 1. The SMILES string of the molecule is CCCN(CC(=O)O)C(=O)NCc1c(C)nn(C)c1C. The minimum absolute atomic E-state index is 0.287. The van der Waals surface area contributed by atoms with Crippen molar-refractivity contribution in [2.24, 2.45) is 7.05 Å². The molecule has 7 nitrogen and oxygen atoms in total. The molecule has 0 fully saturated rings. The molecule has 20 heavy (non-hydrogen) atoms. The summed E-state index contributed by atoms with van der Waals surface area (Å²) < 4.78 is 1.76. The predicted octanol–water partition coefficient (Wildman–Crippen LogP) is 1.04. The molecule has 0 atom stereocenters. The summed E-state index contributed by atoms with van der Waals surface area (Å²) in [6, 6.07) is -0.364. The second kappa shape index (κ2) is 6.93. The second-order valence-corrected chi connectivity index (χ2v) is 4.75. The first-order valence-electron chi connectivity index (χ1n) is 6.60. The fourth-order valence-corrected chi connectivity index (χ4v) is 2.03. The topological polar surface area (TPSA) is 87.5 Å². The Bertz CT molecular complexity index is 496. The minimum atomic E-state index is -1.01. The van der Waals surface area contributed by atoms with Crippen LogP contribution in [0.4, 0.5) is 4.79 Å². The third-order valence-corrected chi connectivity index (χ3v) is 3.18. The molecular weight excluding hydrogens is 260 g/mol. The number of carboxylic acids is 1. The van der Waals surface area contributed by atoms with Gasteiger partial charge in [0.25, 0.3) is 0 Å². The lowest BCUT2D eigenvalue weighted by Gasteiger charge is -2.20. The number of nitrogens with one attached hydrogen (secondary N) is 1. The summed E-state index contributed by atoms with van der Waals surface area (Å²) in [5, 5.41) is 15.8. The third kappa shape index (κ3) is 3.97. The zero-order valence-corrected chi connectivity index (χ0v) is 12.4. The van der Waals surface area contributed by atoms with Crippen LogP contribution in [0.25, 0.3) is 0 Å². The zero-order valence-electron chi connectivity index (χ0n) is 12.4. The number of carbonyl (C=O) groups excluding carboxylic acids is 1. The maximum atomic E-state index is 12.0. The van der Waals surface area contributed by atoms with E-state index in [1.54, 1.807) is 4.68 Å². The van der Waals surface area contributed by atoms with Crippen molar-refractivity contribution in [2.45, 2.75) is 33.7 Å². The first kappa shape index (κ1) is 16.0. The summed E-state index contributed by atoms with van der Waals surface area (Å²) in [6.07, 6.45) is 0.714. The molecule has 0 spiro atoms. The molecule has 0 unspecified atom stereocenters. The number of carbonyl (C=O) groups is 2. The number of aromatic nitrogens is 2. The van der Waals surface area contributed by atoms with Gasteiger partial charge in [0.15, 0.2) is 0 Å². The van der Waals surface area contributed by atoms with Gasteiger partial charge in [0.1, 0.15) is 6.54 Å². The highest BCUT2D eigenvalue weighted by atomic mass is 16.4. The largest absolute Gasteiger partial charge is 0.480 e. The number of nitrogens with zero attached hydrogens (tertiary/aromatic N) is 3. The molecule has 1 aromatic rings. The highest BCUT2D eigenvalue weighted by molar-refractivity contribution is 5.80. The van der Waals surface area contributed by atoms with Crippen LogP contribution in [0.2, 0.25) is 0 Å². The molecule has 1 rings (SSSR count). The van der Waals surface area contributed by atoms with Crippen molar-refractivity contribution < 1.29 is 14.7 Å². The summed E-state index contributed by atoms with van der Waals surface area (Å²) in [5.74, 6) is -1.01. The molecule has 0 aliphatic heterocycles. The lowest BCUT2D eigenvalue weighted by atomic mass is 10.2. The average molecular weight is 282 g/mol. The number of urea groups is 1. The van der Waals surface area contributed by atoms with Crippen LogP contribution in [-0.2, 0) is 18.4 Å². The molecule has 2 N–H and O–H groups in total. The fourth-order valence-electron chi connectivity index (χ4n) is 2.03. The third-order valence-electron chi connectivity index (χ3n) is 3.18. The van der Waals surface area contributed by atoms with Gasteiger partial charge in [0.2, 0.25) is 0 Å². The molecule has 0 aromatic carbocycles. The van der Waals surface area contributed by atoms with E-state index in [1.165, 1.54) is 4.90 Å². The molecule has 0 aliphatic carbocycles. The minimum Gasteiger partial charge on any atom is -0.480 e. The van der Waals surface area contributed by atoms with E-state index in [-0.39, 0.29) is 12.6 Å². The van der Waals surface area contributed by atoms with Crippen LogP contribution >= 0.6 is 0 Å². The van der Waals surface area contributed by atoms with E-state index in [1.807, 2.05) is 27.8 Å². The van der Waals surface area contributed by atoms with E-state index in [2.05, 4.69) is 10.4 Å². The van der Waals surface area contributed by atoms with Gasteiger partial charge in [-0.15, -0.1) is 0 Å². The molecule has 7 heteroatoms. The van der Waals surface area contributed by atoms with Gasteiger partial charge >= 0.3 is 12.0 Å². The molecule has 0 aliphatic rings. The monoisotopic (exact) mass is 282 g/mol. The predicted molar refractivity (Wildman–Crippen MR) is 74.4 cm³/mol. The Hall–Kier alpha value is -2.05. The number of hydrogen-bond acceptors (Lipinski definition) is 3. The van der Waals surface area contributed by atoms with Crippen LogP contribution in [0, 0.1) is 13.8 Å². The summed E-state index contributed by atoms with van der Waals surface area (Å²) in [4.78, 5) is 24.0. The first-order chi connectivity index (χ1) is 9.36. The lowest BCUT2D eigenvalue weighted by Crippen LogP contribution is -2.42. The van der Waals surface area contributed by atoms with Gasteiger partial charge in [-0.3, -0.25) is 9.48 Å². The lowest BCUT2D eigenvalue weighted by molar-refractivity contribution is -0.137. The Labute approximate surface area is 118 Å². The van der Waals surface area contributed by atoms with Gasteiger partial charge in [-0.1, -0.05) is 6.92 Å². The Kier molecular flexibility index (Phi) is 5.54. The molecule has 0 bridgehead atoms. The molecule has 0 saturated carbocycles. The van der Waals surface area contributed by atoms with Crippen LogP contribution in [0.1, 0.15) is 30.3 Å². The van der Waals surface area contributed by atoms with E-state index >= 15 is 0 Å². The van der Waals surface area contributed by atoms with Crippen molar-refractivity contribution in [1.82, 2.24) is 20.0 Å². The Morgan fingerprint density at radius 2 is 2.05 bits per heavy atom. The number of amides is 2. The normalized spacial score (nSPS) is 10.4. The molecule has 1 aromatic heterocycles. The molecule has 0 radical (unpaired) electrons. The number of aryl methyl sites for hydroxylation is 2. The number of hydrogen-bond donors (Lipinski definition) is 2. The first-order valence-corrected chi connectivity index (χ1v) is 6.60. The highest BCUT2D eigenvalue weighted by Crippen LogP contribution is 2.11. The van der Waals surface area contributed by atoms with Crippen molar-refractivity contribution in [3.05, 3.63) is 17.0 Å². The zero-order chi connectivity index (χ0) is 15.3. The quantitative estimate of drug-likeness (QED) is 0.816. The summed E-state index contributed by atoms with van der Waals surface area (Å²) in [7, 11) is 1.85. The molecule has 0 saturated heterocycles. The van der Waals surface area contributed by atoms with E-state index < -0.39 is 5.97 Å². The van der Waals surface area contributed by atoms with Crippen LogP contribution < -0.4 is 5.32 Å². The maximum absolute atomic E-state index is 12.0. The van der Waals surface area contributed by atoms with E-state index in [0.29, 0.717) is 19.5 Å². The molecule has 112 valence electrons. The van der Waals surface area contributed by atoms with Crippen molar-refractivity contribution in [3.8, 4) is 0 Å². The number of rotatable bonds is 6. The summed E-state index contributed by atoms with van der Waals surface area (Å²) in [6.45, 7) is 6.20. The standard InChI is InChI=1S/C13H22N4O3/c1-5-6-17(8-12(18)19)13(20)14-7-11-9(2)15-16(4)10(11)3/h5-8H2,1-4H3,(H,14,20)(H,18,19). The molecule has 2 amide bonds. The summed E-state index contributed by atoms with van der Waals surface area (Å²) in [5.41, 5.74) is 2.82. The van der Waals surface area contributed by atoms with Gasteiger partial charge < -0.3 is 15.3 Å². The van der Waals surface area contributed by atoms with Crippen molar-refractivity contribution in [2.75, 3.05) is 13.1 Å². The molecular formula is C13H22N4O3. The van der Waals surface area contributed by atoms with Crippen molar-refractivity contribution in [3.63, 3.8) is 0 Å². The van der Waals surface area contributed by atoms with E-state index in [9.17, 15) is 9.59 Å². The van der Waals surface area contributed by atoms with Gasteiger partial charge in [-0.25, -0.2) is 4.79 Å². The number of carboxylic acid groups (broad SMARTS) is 1. The van der Waals surface area contributed by atoms with Gasteiger partial charge in [0.05, 0.1) is 5.69 Å².